The Kier molecular flexibility index (Phi) is 11.5. The smallest absolute Gasteiger partial charge is 0.191 e. The summed E-state index contributed by atoms with van der Waals surface area (Å²) in [6, 6.07) is 7.99. The SMILES string of the molecule is CCNC(=NCc1ccc(OCCOC)cc1)NCCCOCC. The van der Waals surface area contributed by atoms with Crippen LogP contribution in [0.25, 0.3) is 0 Å². The van der Waals surface area contributed by atoms with Crippen LogP contribution in [0.3, 0.4) is 0 Å². The third kappa shape index (κ3) is 9.37. The molecule has 0 heterocycles. The van der Waals surface area contributed by atoms with Crippen LogP contribution in [0.2, 0.25) is 0 Å². The number of hydrogen-bond donors (Lipinski definition) is 2. The Balaban J connectivity index is 2.41. The number of rotatable bonds is 12. The van der Waals surface area contributed by atoms with Crippen molar-refractivity contribution >= 4 is 5.96 Å². The Morgan fingerprint density at radius 3 is 2.50 bits per heavy atom. The van der Waals surface area contributed by atoms with E-state index in [4.69, 9.17) is 14.2 Å². The summed E-state index contributed by atoms with van der Waals surface area (Å²) in [5.41, 5.74) is 1.14. The second-order valence-corrected chi connectivity index (χ2v) is 5.16. The number of methoxy groups -OCH3 is 1. The Morgan fingerprint density at radius 2 is 1.83 bits per heavy atom. The van der Waals surface area contributed by atoms with E-state index in [1.165, 1.54) is 0 Å². The van der Waals surface area contributed by atoms with Crippen molar-refractivity contribution in [3.8, 4) is 5.75 Å². The fraction of sp³-hybridized carbons (Fsp3) is 0.611. The van der Waals surface area contributed by atoms with E-state index in [1.54, 1.807) is 7.11 Å². The number of aliphatic imine (C=N–C) groups is 1. The van der Waals surface area contributed by atoms with Gasteiger partial charge in [-0.2, -0.15) is 0 Å². The first-order valence-electron chi connectivity index (χ1n) is 8.60. The second kappa shape index (κ2) is 13.6. The van der Waals surface area contributed by atoms with E-state index in [1.807, 2.05) is 31.2 Å². The summed E-state index contributed by atoms with van der Waals surface area (Å²) < 4.78 is 15.8. The first-order chi connectivity index (χ1) is 11.8. The molecule has 0 spiro atoms. The predicted octanol–water partition coefficient (Wildman–Crippen LogP) is 2.19. The lowest BCUT2D eigenvalue weighted by molar-refractivity contribution is 0.145. The second-order valence-electron chi connectivity index (χ2n) is 5.16. The third-order valence-corrected chi connectivity index (χ3v) is 3.21. The number of ether oxygens (including phenoxy) is 3. The quantitative estimate of drug-likeness (QED) is 0.348. The molecule has 0 amide bonds. The molecule has 2 N–H and O–H groups in total. The van der Waals surface area contributed by atoms with E-state index >= 15 is 0 Å². The van der Waals surface area contributed by atoms with Gasteiger partial charge in [0.2, 0.25) is 0 Å². The lowest BCUT2D eigenvalue weighted by atomic mass is 10.2. The van der Waals surface area contributed by atoms with Crippen molar-refractivity contribution in [2.24, 2.45) is 4.99 Å². The fourth-order valence-electron chi connectivity index (χ4n) is 1.97. The van der Waals surface area contributed by atoms with Gasteiger partial charge in [0.05, 0.1) is 13.2 Å². The van der Waals surface area contributed by atoms with Crippen molar-refractivity contribution in [3.05, 3.63) is 29.8 Å². The number of nitrogens with one attached hydrogen (secondary N) is 2. The zero-order chi connectivity index (χ0) is 17.5. The van der Waals surface area contributed by atoms with E-state index < -0.39 is 0 Å². The summed E-state index contributed by atoms with van der Waals surface area (Å²) in [7, 11) is 1.66. The molecule has 6 nitrogen and oxygen atoms in total. The highest BCUT2D eigenvalue weighted by Gasteiger charge is 1.99. The van der Waals surface area contributed by atoms with Crippen molar-refractivity contribution in [3.63, 3.8) is 0 Å². The molecule has 0 aliphatic rings. The average Bonchev–Trinajstić information content (AvgIpc) is 2.60. The highest BCUT2D eigenvalue weighted by Crippen LogP contribution is 2.12. The Morgan fingerprint density at radius 1 is 1.04 bits per heavy atom. The first kappa shape index (κ1) is 20.3. The van der Waals surface area contributed by atoms with Crippen LogP contribution in [0.15, 0.2) is 29.3 Å². The van der Waals surface area contributed by atoms with E-state index in [2.05, 4.69) is 22.5 Å². The topological polar surface area (TPSA) is 64.1 Å². The minimum Gasteiger partial charge on any atom is -0.491 e. The average molecular weight is 337 g/mol. The van der Waals surface area contributed by atoms with Gasteiger partial charge >= 0.3 is 0 Å². The number of guanidine groups is 1. The van der Waals surface area contributed by atoms with Gasteiger partial charge in [-0.1, -0.05) is 12.1 Å². The Labute approximate surface area is 145 Å². The van der Waals surface area contributed by atoms with Gasteiger partial charge in [-0.3, -0.25) is 0 Å². The van der Waals surface area contributed by atoms with Gasteiger partial charge in [0.1, 0.15) is 12.4 Å². The molecule has 0 fully saturated rings. The lowest BCUT2D eigenvalue weighted by Gasteiger charge is -2.11. The van der Waals surface area contributed by atoms with Gasteiger partial charge in [-0.05, 0) is 38.0 Å². The summed E-state index contributed by atoms with van der Waals surface area (Å²) in [5, 5.41) is 6.56. The van der Waals surface area contributed by atoms with Crippen LogP contribution in [0.1, 0.15) is 25.8 Å². The molecular weight excluding hydrogens is 306 g/mol. The van der Waals surface area contributed by atoms with Gasteiger partial charge in [-0.25, -0.2) is 4.99 Å². The summed E-state index contributed by atoms with van der Waals surface area (Å²) >= 11 is 0. The highest BCUT2D eigenvalue weighted by atomic mass is 16.5. The molecule has 6 heteroatoms. The number of benzene rings is 1. The maximum atomic E-state index is 5.55. The van der Waals surface area contributed by atoms with Gasteiger partial charge in [0.25, 0.3) is 0 Å². The van der Waals surface area contributed by atoms with Crippen molar-refractivity contribution in [1.82, 2.24) is 10.6 Å². The van der Waals surface area contributed by atoms with Crippen LogP contribution < -0.4 is 15.4 Å². The Hall–Kier alpha value is -1.79. The summed E-state index contributed by atoms with van der Waals surface area (Å²) in [6.45, 7) is 9.06. The molecular formula is C18H31N3O3. The first-order valence-corrected chi connectivity index (χ1v) is 8.60. The van der Waals surface area contributed by atoms with Crippen LogP contribution in [0.4, 0.5) is 0 Å². The van der Waals surface area contributed by atoms with E-state index in [0.29, 0.717) is 19.8 Å². The van der Waals surface area contributed by atoms with Crippen LogP contribution in [0, 0.1) is 0 Å². The highest BCUT2D eigenvalue weighted by molar-refractivity contribution is 5.79. The molecule has 1 rings (SSSR count). The van der Waals surface area contributed by atoms with Crippen LogP contribution in [-0.2, 0) is 16.0 Å². The molecule has 0 aliphatic carbocycles. The minimum absolute atomic E-state index is 0.560. The third-order valence-electron chi connectivity index (χ3n) is 3.21. The van der Waals surface area contributed by atoms with Crippen molar-refractivity contribution in [2.75, 3.05) is 46.6 Å². The molecule has 136 valence electrons. The van der Waals surface area contributed by atoms with Gasteiger partial charge in [-0.15, -0.1) is 0 Å². The molecule has 0 bridgehead atoms. The summed E-state index contributed by atoms with van der Waals surface area (Å²) in [6.07, 6.45) is 0.964. The molecule has 0 aliphatic heterocycles. The molecule has 0 atom stereocenters. The zero-order valence-electron chi connectivity index (χ0n) is 15.1. The summed E-state index contributed by atoms with van der Waals surface area (Å²) in [4.78, 5) is 4.60. The van der Waals surface area contributed by atoms with Crippen molar-refractivity contribution in [2.45, 2.75) is 26.8 Å². The molecule has 1 aromatic carbocycles. The Bertz CT molecular complexity index is 449. The van der Waals surface area contributed by atoms with E-state index in [-0.39, 0.29) is 0 Å². The molecule has 0 aromatic heterocycles. The summed E-state index contributed by atoms with van der Waals surface area (Å²) in [5.74, 6) is 1.68. The molecule has 0 saturated heterocycles. The normalized spacial score (nSPS) is 11.4. The van der Waals surface area contributed by atoms with Gasteiger partial charge in [0.15, 0.2) is 5.96 Å². The molecule has 0 radical (unpaired) electrons. The number of nitrogens with zero attached hydrogens (tertiary/aromatic N) is 1. The maximum Gasteiger partial charge on any atom is 0.191 e. The maximum absolute atomic E-state index is 5.55. The lowest BCUT2D eigenvalue weighted by Crippen LogP contribution is -2.38. The number of hydrogen-bond acceptors (Lipinski definition) is 4. The van der Waals surface area contributed by atoms with Crippen LogP contribution in [0.5, 0.6) is 5.75 Å². The molecule has 0 unspecified atom stereocenters. The fourth-order valence-corrected chi connectivity index (χ4v) is 1.97. The molecule has 0 saturated carbocycles. The largest absolute Gasteiger partial charge is 0.491 e. The van der Waals surface area contributed by atoms with Crippen LogP contribution in [-0.4, -0.2) is 52.6 Å². The standard InChI is InChI=1S/C18H31N3O3/c1-4-19-18(20-11-6-12-23-5-2)21-15-16-7-9-17(10-8-16)24-14-13-22-3/h7-10H,4-6,11-15H2,1-3H3,(H2,19,20,21). The molecule has 24 heavy (non-hydrogen) atoms. The van der Waals surface area contributed by atoms with Crippen LogP contribution >= 0.6 is 0 Å². The van der Waals surface area contributed by atoms with Gasteiger partial charge < -0.3 is 24.8 Å². The minimum atomic E-state index is 0.560. The molecule has 1 aromatic rings. The van der Waals surface area contributed by atoms with Crippen molar-refractivity contribution in [1.29, 1.82) is 0 Å². The van der Waals surface area contributed by atoms with Crippen molar-refractivity contribution < 1.29 is 14.2 Å². The van der Waals surface area contributed by atoms with E-state index in [0.717, 1.165) is 50.0 Å². The van der Waals surface area contributed by atoms with Gasteiger partial charge in [0, 0.05) is 33.4 Å². The van der Waals surface area contributed by atoms with E-state index in [9.17, 15) is 0 Å². The predicted molar refractivity (Wildman–Crippen MR) is 97.7 cm³/mol. The monoisotopic (exact) mass is 337 g/mol. The zero-order valence-corrected chi connectivity index (χ0v) is 15.1.